The number of nitrogens with one attached hydrogen (secondary N) is 2. The molecule has 0 saturated heterocycles. The number of hydrogen-bond acceptors (Lipinski definition) is 4. The predicted molar refractivity (Wildman–Crippen MR) is 120 cm³/mol. The van der Waals surface area contributed by atoms with Crippen molar-refractivity contribution in [3.63, 3.8) is 0 Å². The van der Waals surface area contributed by atoms with Crippen LogP contribution < -0.4 is 10.6 Å². The third-order valence-corrected chi connectivity index (χ3v) is 4.96. The van der Waals surface area contributed by atoms with Crippen LogP contribution in [0.4, 0.5) is 17.1 Å². The molecule has 1 atom stereocenters. The maximum Gasteiger partial charge on any atom is 0.341 e. The van der Waals surface area contributed by atoms with Crippen LogP contribution in [-0.2, 0) is 9.53 Å². The maximum absolute atomic E-state index is 12.8. The quantitative estimate of drug-likeness (QED) is 0.531. The zero-order valence-electron chi connectivity index (χ0n) is 17.7. The second-order valence-electron chi connectivity index (χ2n) is 7.32. The van der Waals surface area contributed by atoms with Crippen molar-refractivity contribution < 1.29 is 14.3 Å². The minimum absolute atomic E-state index is 0.369. The minimum Gasteiger partial charge on any atom is -0.449 e. The second-order valence-corrected chi connectivity index (χ2v) is 7.32. The maximum atomic E-state index is 12.8. The van der Waals surface area contributed by atoms with E-state index in [0.717, 1.165) is 22.4 Å². The van der Waals surface area contributed by atoms with Gasteiger partial charge in [0.2, 0.25) is 0 Å². The largest absolute Gasteiger partial charge is 0.449 e. The number of benzene rings is 3. The highest BCUT2D eigenvalue weighted by Crippen LogP contribution is 2.26. The fourth-order valence-corrected chi connectivity index (χ4v) is 3.05. The summed E-state index contributed by atoms with van der Waals surface area (Å²) in [4.78, 5) is 25.2. The van der Waals surface area contributed by atoms with Crippen LogP contribution in [0.2, 0.25) is 0 Å². The molecule has 3 rings (SSSR count). The van der Waals surface area contributed by atoms with Crippen molar-refractivity contribution in [3.05, 3.63) is 89.0 Å². The molecule has 0 fully saturated rings. The summed E-state index contributed by atoms with van der Waals surface area (Å²) in [6.07, 6.45) is -0.938. The third kappa shape index (κ3) is 5.06. The number of ether oxygens (including phenoxy) is 1. The molecule has 0 unspecified atom stereocenters. The Kier molecular flexibility index (Phi) is 6.52. The summed E-state index contributed by atoms with van der Waals surface area (Å²) in [7, 11) is 0. The standard InChI is InChI=1S/C25H26N2O3/c1-16-9-7-11-20(15-16)26-24(28)19(4)30-25(29)21-12-5-6-13-23(21)27-22-14-8-10-17(2)18(22)3/h5-15,19,27H,1-4H3,(H,26,28)/t19-/m1/s1. The van der Waals surface area contributed by atoms with Crippen molar-refractivity contribution in [3.8, 4) is 0 Å². The van der Waals surface area contributed by atoms with Crippen LogP contribution >= 0.6 is 0 Å². The summed E-state index contributed by atoms with van der Waals surface area (Å²) in [6.45, 7) is 7.56. The topological polar surface area (TPSA) is 67.4 Å². The molecule has 30 heavy (non-hydrogen) atoms. The summed E-state index contributed by atoms with van der Waals surface area (Å²) < 4.78 is 5.44. The molecule has 154 valence electrons. The Bertz CT molecular complexity index is 1080. The van der Waals surface area contributed by atoms with Gasteiger partial charge in [0.05, 0.1) is 11.3 Å². The van der Waals surface area contributed by atoms with E-state index in [1.54, 1.807) is 25.1 Å². The zero-order valence-corrected chi connectivity index (χ0v) is 17.7. The molecule has 0 spiro atoms. The molecule has 5 heteroatoms. The van der Waals surface area contributed by atoms with Gasteiger partial charge in [-0.15, -0.1) is 0 Å². The number of rotatable bonds is 6. The Morgan fingerprint density at radius 2 is 1.57 bits per heavy atom. The highest BCUT2D eigenvalue weighted by Gasteiger charge is 2.21. The summed E-state index contributed by atoms with van der Waals surface area (Å²) in [6, 6.07) is 20.5. The van der Waals surface area contributed by atoms with Gasteiger partial charge in [-0.05, 0) is 74.7 Å². The van der Waals surface area contributed by atoms with Gasteiger partial charge in [0, 0.05) is 11.4 Å². The first-order chi connectivity index (χ1) is 14.3. The number of hydrogen-bond donors (Lipinski definition) is 2. The number of carbonyl (C=O) groups excluding carboxylic acids is 2. The SMILES string of the molecule is Cc1cccc(NC(=O)[C@@H](C)OC(=O)c2ccccc2Nc2cccc(C)c2C)c1. The third-order valence-electron chi connectivity index (χ3n) is 4.96. The van der Waals surface area contributed by atoms with Gasteiger partial charge in [0.25, 0.3) is 5.91 Å². The molecule has 1 amide bonds. The summed E-state index contributed by atoms with van der Waals surface area (Å²) >= 11 is 0. The smallest absolute Gasteiger partial charge is 0.341 e. The van der Waals surface area contributed by atoms with Gasteiger partial charge in [-0.2, -0.15) is 0 Å². The fourth-order valence-electron chi connectivity index (χ4n) is 3.05. The number of para-hydroxylation sites is 1. The number of amides is 1. The van der Waals surface area contributed by atoms with Crippen molar-refractivity contribution in [2.45, 2.75) is 33.8 Å². The van der Waals surface area contributed by atoms with Gasteiger partial charge in [-0.25, -0.2) is 4.79 Å². The van der Waals surface area contributed by atoms with E-state index >= 15 is 0 Å². The zero-order chi connectivity index (χ0) is 21.7. The van der Waals surface area contributed by atoms with Crippen LogP contribution in [0.5, 0.6) is 0 Å². The lowest BCUT2D eigenvalue weighted by molar-refractivity contribution is -0.123. The molecule has 2 N–H and O–H groups in total. The molecule has 5 nitrogen and oxygen atoms in total. The lowest BCUT2D eigenvalue weighted by Gasteiger charge is -2.17. The van der Waals surface area contributed by atoms with Crippen LogP contribution in [0.1, 0.15) is 34.0 Å². The summed E-state index contributed by atoms with van der Waals surface area (Å²) in [5, 5.41) is 6.09. The van der Waals surface area contributed by atoms with Crippen LogP contribution in [0.25, 0.3) is 0 Å². The number of esters is 1. The van der Waals surface area contributed by atoms with E-state index in [-0.39, 0.29) is 5.91 Å². The highest BCUT2D eigenvalue weighted by atomic mass is 16.5. The molecule has 0 aliphatic heterocycles. The predicted octanol–water partition coefficient (Wildman–Crippen LogP) is 5.54. The van der Waals surface area contributed by atoms with E-state index in [9.17, 15) is 9.59 Å². The van der Waals surface area contributed by atoms with Gasteiger partial charge in [0.15, 0.2) is 6.10 Å². The van der Waals surface area contributed by atoms with E-state index in [1.165, 1.54) is 0 Å². The molecular formula is C25H26N2O3. The van der Waals surface area contributed by atoms with Gasteiger partial charge in [0.1, 0.15) is 0 Å². The fraction of sp³-hybridized carbons (Fsp3) is 0.200. The summed E-state index contributed by atoms with van der Waals surface area (Å²) in [5.74, 6) is -0.941. The number of anilines is 3. The van der Waals surface area contributed by atoms with Crippen LogP contribution in [0.3, 0.4) is 0 Å². The van der Waals surface area contributed by atoms with Crippen LogP contribution in [0.15, 0.2) is 66.7 Å². The first kappa shape index (κ1) is 21.1. The Morgan fingerprint density at radius 1 is 0.867 bits per heavy atom. The molecular weight excluding hydrogens is 376 g/mol. The van der Waals surface area contributed by atoms with E-state index in [2.05, 4.69) is 10.6 Å². The van der Waals surface area contributed by atoms with Gasteiger partial charge in [-0.1, -0.05) is 36.4 Å². The summed E-state index contributed by atoms with van der Waals surface area (Å²) in [5.41, 5.74) is 5.87. The van der Waals surface area contributed by atoms with E-state index in [1.807, 2.05) is 69.3 Å². The lowest BCUT2D eigenvalue weighted by atomic mass is 10.1. The van der Waals surface area contributed by atoms with Crippen molar-refractivity contribution in [2.75, 3.05) is 10.6 Å². The lowest BCUT2D eigenvalue weighted by Crippen LogP contribution is -2.30. The molecule has 0 heterocycles. The average Bonchev–Trinajstić information content (AvgIpc) is 2.71. The normalized spacial score (nSPS) is 11.5. The number of carbonyl (C=O) groups is 2. The van der Waals surface area contributed by atoms with E-state index in [4.69, 9.17) is 4.74 Å². The Labute approximate surface area is 177 Å². The molecule has 3 aromatic rings. The van der Waals surface area contributed by atoms with Gasteiger partial charge >= 0.3 is 5.97 Å². The minimum atomic E-state index is -0.938. The van der Waals surface area contributed by atoms with Crippen LogP contribution in [-0.4, -0.2) is 18.0 Å². The van der Waals surface area contributed by atoms with Crippen molar-refractivity contribution in [1.82, 2.24) is 0 Å². The first-order valence-corrected chi connectivity index (χ1v) is 9.86. The van der Waals surface area contributed by atoms with Gasteiger partial charge in [-0.3, -0.25) is 4.79 Å². The highest BCUT2D eigenvalue weighted by molar-refractivity contribution is 6.00. The molecule has 0 aliphatic rings. The molecule has 3 aromatic carbocycles. The Morgan fingerprint density at radius 3 is 2.33 bits per heavy atom. The van der Waals surface area contributed by atoms with Crippen molar-refractivity contribution in [2.24, 2.45) is 0 Å². The molecule has 0 saturated carbocycles. The van der Waals surface area contributed by atoms with Crippen LogP contribution in [0, 0.1) is 20.8 Å². The van der Waals surface area contributed by atoms with Crippen molar-refractivity contribution in [1.29, 1.82) is 0 Å². The number of aryl methyl sites for hydroxylation is 2. The molecule has 0 aliphatic carbocycles. The molecule has 0 aromatic heterocycles. The van der Waals surface area contributed by atoms with E-state index < -0.39 is 12.1 Å². The first-order valence-electron chi connectivity index (χ1n) is 9.86. The van der Waals surface area contributed by atoms with Crippen molar-refractivity contribution >= 4 is 28.9 Å². The van der Waals surface area contributed by atoms with E-state index in [0.29, 0.717) is 16.9 Å². The average molecular weight is 402 g/mol. The van der Waals surface area contributed by atoms with Gasteiger partial charge < -0.3 is 15.4 Å². The second kappa shape index (κ2) is 9.27. The Hall–Kier alpha value is -3.60. The molecule has 0 radical (unpaired) electrons. The Balaban J connectivity index is 1.72. The molecule has 0 bridgehead atoms. The monoisotopic (exact) mass is 402 g/mol.